The van der Waals surface area contributed by atoms with Crippen molar-refractivity contribution in [1.82, 2.24) is 14.6 Å². The Labute approximate surface area is 167 Å². The largest absolute Gasteiger partial charge is 0.383 e. The third-order valence-electron chi connectivity index (χ3n) is 3.94. The number of amides is 1. The van der Waals surface area contributed by atoms with Crippen LogP contribution in [-0.4, -0.2) is 49.6 Å². The zero-order valence-corrected chi connectivity index (χ0v) is 16.8. The maximum absolute atomic E-state index is 12.4. The molecular weight excluding hydrogens is 408 g/mol. The summed E-state index contributed by atoms with van der Waals surface area (Å²) in [5, 5.41) is 3.19. The van der Waals surface area contributed by atoms with E-state index in [0.29, 0.717) is 30.4 Å². The molecule has 7 nitrogen and oxygen atoms in total. The lowest BCUT2D eigenvalue weighted by Gasteiger charge is -2.17. The summed E-state index contributed by atoms with van der Waals surface area (Å²) in [5.41, 5.74) is 1.03. The summed E-state index contributed by atoms with van der Waals surface area (Å²) in [5.74, 6) is -0.410. The van der Waals surface area contributed by atoms with Crippen LogP contribution in [0.2, 0.25) is 4.34 Å². The number of hydrogen-bond donors (Lipinski definition) is 2. The van der Waals surface area contributed by atoms with E-state index in [1.165, 1.54) is 11.3 Å². The van der Waals surface area contributed by atoms with Crippen LogP contribution in [0.25, 0.3) is 0 Å². The third-order valence-corrected chi connectivity index (χ3v) is 6.50. The van der Waals surface area contributed by atoms with Crippen LogP contribution < -0.4 is 10.0 Å². The summed E-state index contributed by atoms with van der Waals surface area (Å²) < 4.78 is 27.5. The SMILES string of the molecule is O=C1C(NS(=O)(=O)CCc2ccc(Cl)s2)=CCN1CCNc1ccncc1. The molecule has 0 spiro atoms. The van der Waals surface area contributed by atoms with Gasteiger partial charge in [0, 0.05) is 42.6 Å². The molecule has 0 saturated carbocycles. The predicted molar refractivity (Wildman–Crippen MR) is 107 cm³/mol. The molecule has 144 valence electrons. The molecule has 0 radical (unpaired) electrons. The van der Waals surface area contributed by atoms with Crippen molar-refractivity contribution in [3.63, 3.8) is 0 Å². The minimum Gasteiger partial charge on any atom is -0.383 e. The molecule has 0 fully saturated rings. The highest BCUT2D eigenvalue weighted by Gasteiger charge is 2.26. The minimum absolute atomic E-state index is 0.0991. The fourth-order valence-electron chi connectivity index (χ4n) is 2.56. The second-order valence-corrected chi connectivity index (χ2v) is 9.55. The van der Waals surface area contributed by atoms with Crippen LogP contribution in [0.1, 0.15) is 4.88 Å². The Kier molecular flexibility index (Phi) is 6.35. The van der Waals surface area contributed by atoms with Crippen molar-refractivity contribution >= 4 is 44.6 Å². The highest BCUT2D eigenvalue weighted by Crippen LogP contribution is 2.22. The van der Waals surface area contributed by atoms with Crippen LogP contribution >= 0.6 is 22.9 Å². The zero-order valence-electron chi connectivity index (χ0n) is 14.4. The van der Waals surface area contributed by atoms with Gasteiger partial charge in [0.05, 0.1) is 10.1 Å². The number of nitrogens with one attached hydrogen (secondary N) is 2. The van der Waals surface area contributed by atoms with Gasteiger partial charge in [-0.25, -0.2) is 8.42 Å². The van der Waals surface area contributed by atoms with E-state index in [4.69, 9.17) is 11.6 Å². The summed E-state index contributed by atoms with van der Waals surface area (Å²) in [6, 6.07) is 7.22. The molecule has 1 amide bonds. The molecule has 1 aliphatic rings. The molecule has 3 rings (SSSR count). The Morgan fingerprint density at radius 1 is 1.22 bits per heavy atom. The highest BCUT2D eigenvalue weighted by molar-refractivity contribution is 7.89. The number of halogens is 1. The number of hydrogen-bond acceptors (Lipinski definition) is 6. The van der Waals surface area contributed by atoms with Crippen molar-refractivity contribution in [2.75, 3.05) is 30.7 Å². The summed E-state index contributed by atoms with van der Waals surface area (Å²) in [6.07, 6.45) is 5.33. The van der Waals surface area contributed by atoms with E-state index in [0.717, 1.165) is 10.6 Å². The Morgan fingerprint density at radius 3 is 2.70 bits per heavy atom. The van der Waals surface area contributed by atoms with Gasteiger partial charge >= 0.3 is 0 Å². The van der Waals surface area contributed by atoms with Crippen molar-refractivity contribution in [3.8, 4) is 0 Å². The van der Waals surface area contributed by atoms with Crippen LogP contribution in [0, 0.1) is 0 Å². The van der Waals surface area contributed by atoms with Crippen molar-refractivity contribution in [2.24, 2.45) is 0 Å². The van der Waals surface area contributed by atoms with E-state index in [-0.39, 0.29) is 17.4 Å². The smallest absolute Gasteiger partial charge is 0.270 e. The van der Waals surface area contributed by atoms with E-state index >= 15 is 0 Å². The van der Waals surface area contributed by atoms with E-state index in [1.807, 2.05) is 12.1 Å². The van der Waals surface area contributed by atoms with Gasteiger partial charge in [-0.2, -0.15) is 0 Å². The van der Waals surface area contributed by atoms with E-state index < -0.39 is 10.0 Å². The molecule has 0 saturated heterocycles. The van der Waals surface area contributed by atoms with Gasteiger partial charge in [-0.3, -0.25) is 14.5 Å². The molecule has 0 aromatic carbocycles. The van der Waals surface area contributed by atoms with E-state index in [9.17, 15) is 13.2 Å². The number of nitrogens with zero attached hydrogens (tertiary/aromatic N) is 2. The number of aryl methyl sites for hydroxylation is 1. The van der Waals surface area contributed by atoms with Gasteiger partial charge < -0.3 is 10.2 Å². The fourth-order valence-corrected chi connectivity index (χ4v) is 4.88. The van der Waals surface area contributed by atoms with Crippen molar-refractivity contribution in [3.05, 3.63) is 57.6 Å². The summed E-state index contributed by atoms with van der Waals surface area (Å²) in [4.78, 5) is 18.8. The van der Waals surface area contributed by atoms with Gasteiger partial charge in [-0.1, -0.05) is 11.6 Å². The molecule has 2 aromatic heterocycles. The quantitative estimate of drug-likeness (QED) is 0.640. The normalized spacial score (nSPS) is 14.3. The third kappa shape index (κ3) is 5.69. The van der Waals surface area contributed by atoms with Gasteiger partial charge in [0.15, 0.2) is 0 Å². The number of rotatable bonds is 9. The number of anilines is 1. The molecule has 0 unspecified atom stereocenters. The fraction of sp³-hybridized carbons (Fsp3) is 0.294. The first kappa shape index (κ1) is 19.7. The molecule has 0 atom stereocenters. The lowest BCUT2D eigenvalue weighted by Crippen LogP contribution is -2.36. The van der Waals surface area contributed by atoms with Crippen LogP contribution in [-0.2, 0) is 21.2 Å². The van der Waals surface area contributed by atoms with Crippen LogP contribution in [0.3, 0.4) is 0 Å². The maximum atomic E-state index is 12.4. The topological polar surface area (TPSA) is 91.4 Å². The van der Waals surface area contributed by atoms with Crippen LogP contribution in [0.15, 0.2) is 48.4 Å². The molecule has 1 aliphatic heterocycles. The molecule has 0 aliphatic carbocycles. The van der Waals surface area contributed by atoms with E-state index in [2.05, 4.69) is 15.0 Å². The molecule has 0 bridgehead atoms. The first-order chi connectivity index (χ1) is 12.9. The molecule has 2 N–H and O–H groups in total. The average molecular weight is 427 g/mol. The second-order valence-electron chi connectivity index (χ2n) is 5.91. The van der Waals surface area contributed by atoms with Crippen molar-refractivity contribution < 1.29 is 13.2 Å². The summed E-state index contributed by atoms with van der Waals surface area (Å²) >= 11 is 7.20. The number of carbonyl (C=O) groups excluding carboxylic acids is 1. The molecule has 2 aromatic rings. The Bertz CT molecular complexity index is 929. The van der Waals surface area contributed by atoms with Gasteiger partial charge in [0.25, 0.3) is 5.91 Å². The van der Waals surface area contributed by atoms with Crippen molar-refractivity contribution in [2.45, 2.75) is 6.42 Å². The standard InChI is InChI=1S/C17H19ClN4O3S2/c18-16-2-1-14(26-16)6-12-27(24,25)21-15-5-10-22(17(15)23)11-9-20-13-3-7-19-8-4-13/h1-5,7-8,21H,6,9-12H2,(H,19,20). The molecular formula is C17H19ClN4O3S2. The minimum atomic E-state index is -3.60. The first-order valence-corrected chi connectivity index (χ1v) is 11.2. The van der Waals surface area contributed by atoms with E-state index in [1.54, 1.807) is 35.5 Å². The number of aromatic nitrogens is 1. The lowest BCUT2D eigenvalue weighted by atomic mass is 10.4. The van der Waals surface area contributed by atoms with Crippen LogP contribution in [0.4, 0.5) is 5.69 Å². The van der Waals surface area contributed by atoms with Crippen LogP contribution in [0.5, 0.6) is 0 Å². The monoisotopic (exact) mass is 426 g/mol. The molecule has 27 heavy (non-hydrogen) atoms. The Morgan fingerprint density at radius 2 is 2.00 bits per heavy atom. The number of thiophene rings is 1. The van der Waals surface area contributed by atoms with Gasteiger partial charge in [0.2, 0.25) is 10.0 Å². The number of sulfonamides is 1. The first-order valence-electron chi connectivity index (χ1n) is 8.31. The number of pyridine rings is 1. The van der Waals surface area contributed by atoms with Gasteiger partial charge in [-0.05, 0) is 36.8 Å². The summed E-state index contributed by atoms with van der Waals surface area (Å²) in [7, 11) is -3.60. The highest BCUT2D eigenvalue weighted by atomic mass is 35.5. The predicted octanol–water partition coefficient (Wildman–Crippen LogP) is 2.10. The Balaban J connectivity index is 1.46. The summed E-state index contributed by atoms with van der Waals surface area (Å²) in [6.45, 7) is 1.41. The molecule has 3 heterocycles. The van der Waals surface area contributed by atoms with Gasteiger partial charge in [-0.15, -0.1) is 11.3 Å². The zero-order chi connectivity index (χ0) is 19.3. The number of carbonyl (C=O) groups is 1. The average Bonchev–Trinajstić information content (AvgIpc) is 3.21. The lowest BCUT2D eigenvalue weighted by molar-refractivity contribution is -0.125. The van der Waals surface area contributed by atoms with Gasteiger partial charge in [0.1, 0.15) is 5.70 Å². The van der Waals surface area contributed by atoms with Crippen molar-refractivity contribution in [1.29, 1.82) is 0 Å². The maximum Gasteiger partial charge on any atom is 0.270 e. The second kappa shape index (κ2) is 8.73. The molecule has 10 heteroatoms. The Hall–Kier alpha value is -2.10.